The SMILES string of the molecule is Cc1nnn(C)c1-c1cnc2c3ccc(N4CC(N5CCS(=O)(=O)CC5)C4)nc3n([C@H](c3ccccc3)C3CCOCC3)c2c1. The van der Waals surface area contributed by atoms with Gasteiger partial charge in [0.25, 0.3) is 0 Å². The second-order valence-electron chi connectivity index (χ2n) is 12.7. The highest BCUT2D eigenvalue weighted by Gasteiger charge is 2.36. The third-order valence-electron chi connectivity index (χ3n) is 9.95. The fourth-order valence-electron chi connectivity index (χ4n) is 7.49. The van der Waals surface area contributed by atoms with Crippen molar-refractivity contribution in [1.29, 1.82) is 0 Å². The molecule has 0 spiro atoms. The summed E-state index contributed by atoms with van der Waals surface area (Å²) in [7, 11) is -0.979. The maximum Gasteiger partial charge on any atom is 0.152 e. The van der Waals surface area contributed by atoms with Crippen molar-refractivity contribution in [3.8, 4) is 11.3 Å². The minimum absolute atomic E-state index is 0.0556. The van der Waals surface area contributed by atoms with Crippen molar-refractivity contribution in [2.24, 2.45) is 13.0 Å². The summed E-state index contributed by atoms with van der Waals surface area (Å²) in [4.78, 5) is 15.1. The van der Waals surface area contributed by atoms with E-state index < -0.39 is 9.84 Å². The lowest BCUT2D eigenvalue weighted by Crippen LogP contribution is -2.62. The second kappa shape index (κ2) is 11.2. The summed E-state index contributed by atoms with van der Waals surface area (Å²) < 4.78 is 34.0. The molecule has 11 nitrogen and oxygen atoms in total. The third kappa shape index (κ3) is 5.08. The van der Waals surface area contributed by atoms with Crippen molar-refractivity contribution in [2.75, 3.05) is 55.8 Å². The monoisotopic (exact) mass is 626 g/mol. The summed E-state index contributed by atoms with van der Waals surface area (Å²) in [6.07, 6.45) is 3.87. The number of ether oxygens (including phenoxy) is 1. The van der Waals surface area contributed by atoms with E-state index >= 15 is 0 Å². The number of aromatic nitrogens is 6. The highest BCUT2D eigenvalue weighted by atomic mass is 32.2. The minimum atomic E-state index is -2.90. The van der Waals surface area contributed by atoms with Crippen molar-refractivity contribution < 1.29 is 13.2 Å². The number of anilines is 1. The molecule has 4 aromatic heterocycles. The van der Waals surface area contributed by atoms with Crippen LogP contribution in [-0.4, -0.2) is 99.8 Å². The van der Waals surface area contributed by atoms with E-state index in [-0.39, 0.29) is 17.5 Å². The molecule has 12 heteroatoms. The van der Waals surface area contributed by atoms with E-state index in [4.69, 9.17) is 14.7 Å². The summed E-state index contributed by atoms with van der Waals surface area (Å²) in [6.45, 7) is 6.40. The van der Waals surface area contributed by atoms with Gasteiger partial charge in [0.2, 0.25) is 0 Å². The second-order valence-corrected chi connectivity index (χ2v) is 15.0. The van der Waals surface area contributed by atoms with Crippen LogP contribution in [0.15, 0.2) is 54.7 Å². The molecule has 0 amide bonds. The molecule has 3 aliphatic heterocycles. The number of hydrogen-bond donors (Lipinski definition) is 0. The van der Waals surface area contributed by atoms with E-state index in [1.165, 1.54) is 5.56 Å². The first-order valence-electron chi connectivity index (χ1n) is 15.9. The van der Waals surface area contributed by atoms with E-state index in [0.717, 1.165) is 84.0 Å². The molecule has 45 heavy (non-hydrogen) atoms. The molecular formula is C33H38N8O3S. The van der Waals surface area contributed by atoms with Crippen LogP contribution in [0.2, 0.25) is 0 Å². The Morgan fingerprint density at radius 1 is 1.00 bits per heavy atom. The third-order valence-corrected chi connectivity index (χ3v) is 11.6. The number of pyridine rings is 2. The highest BCUT2D eigenvalue weighted by Crippen LogP contribution is 2.41. The highest BCUT2D eigenvalue weighted by molar-refractivity contribution is 7.91. The van der Waals surface area contributed by atoms with Crippen LogP contribution < -0.4 is 4.90 Å². The zero-order valence-electron chi connectivity index (χ0n) is 25.7. The first-order chi connectivity index (χ1) is 21.9. The van der Waals surface area contributed by atoms with Crippen LogP contribution in [0.3, 0.4) is 0 Å². The molecule has 0 N–H and O–H groups in total. The number of aryl methyl sites for hydroxylation is 2. The van der Waals surface area contributed by atoms with Crippen LogP contribution in [0, 0.1) is 12.8 Å². The fourth-order valence-corrected chi connectivity index (χ4v) is 8.72. The largest absolute Gasteiger partial charge is 0.381 e. The van der Waals surface area contributed by atoms with Gasteiger partial charge in [-0.05, 0) is 49.4 Å². The van der Waals surface area contributed by atoms with Crippen molar-refractivity contribution in [3.05, 3.63) is 66.0 Å². The lowest BCUT2D eigenvalue weighted by molar-refractivity contribution is 0.0552. The molecule has 3 saturated heterocycles. The molecule has 3 fully saturated rings. The van der Waals surface area contributed by atoms with Gasteiger partial charge >= 0.3 is 0 Å². The number of nitrogens with zero attached hydrogens (tertiary/aromatic N) is 8. The molecule has 3 aliphatic rings. The van der Waals surface area contributed by atoms with Gasteiger partial charge in [-0.15, -0.1) is 5.10 Å². The van der Waals surface area contributed by atoms with Crippen molar-refractivity contribution in [2.45, 2.75) is 31.8 Å². The van der Waals surface area contributed by atoms with Crippen molar-refractivity contribution >= 4 is 37.7 Å². The van der Waals surface area contributed by atoms with Crippen LogP contribution in [0.25, 0.3) is 33.3 Å². The molecule has 0 bridgehead atoms. The zero-order chi connectivity index (χ0) is 30.7. The topological polar surface area (TPSA) is 111 Å². The number of fused-ring (bicyclic) bond motifs is 3. The standard InChI is InChI=1S/C33H38N8O3S/c1-22-31(38(2)37-36-22)25-18-28-30(34-19-25)27-8-9-29(40-20-26(21-40)39-12-16-45(42,43)17-13-39)35-33(27)41(28)32(23-6-4-3-5-7-23)24-10-14-44-15-11-24/h3-9,18-19,24,26,32H,10-17,20-21H2,1-2H3/t32-/m1/s1. The van der Waals surface area contributed by atoms with Crippen LogP contribution in [-0.2, 0) is 21.6 Å². The molecule has 7 heterocycles. The van der Waals surface area contributed by atoms with E-state index in [2.05, 4.69) is 73.2 Å². The maximum atomic E-state index is 12.0. The van der Waals surface area contributed by atoms with E-state index in [9.17, 15) is 8.42 Å². The van der Waals surface area contributed by atoms with E-state index in [1.54, 1.807) is 0 Å². The molecule has 0 radical (unpaired) electrons. The molecule has 1 atom stereocenters. The molecule has 0 saturated carbocycles. The van der Waals surface area contributed by atoms with Crippen LogP contribution in [0.5, 0.6) is 0 Å². The predicted octanol–water partition coefficient (Wildman–Crippen LogP) is 3.62. The summed E-state index contributed by atoms with van der Waals surface area (Å²) in [5.41, 5.74) is 6.96. The summed E-state index contributed by atoms with van der Waals surface area (Å²) in [6, 6.07) is 17.7. The van der Waals surface area contributed by atoms with Gasteiger partial charge in [-0.1, -0.05) is 35.5 Å². The summed E-state index contributed by atoms with van der Waals surface area (Å²) >= 11 is 0. The zero-order valence-corrected chi connectivity index (χ0v) is 26.5. The summed E-state index contributed by atoms with van der Waals surface area (Å²) in [5.74, 6) is 1.82. The molecular weight excluding hydrogens is 588 g/mol. The maximum absolute atomic E-state index is 12.0. The minimum Gasteiger partial charge on any atom is -0.381 e. The first kappa shape index (κ1) is 28.6. The van der Waals surface area contributed by atoms with Crippen molar-refractivity contribution in [1.82, 2.24) is 34.4 Å². The molecule has 8 rings (SSSR count). The van der Waals surface area contributed by atoms with Gasteiger partial charge in [0.05, 0.1) is 40.0 Å². The van der Waals surface area contributed by atoms with Crippen LogP contribution in [0.4, 0.5) is 5.82 Å². The lowest BCUT2D eigenvalue weighted by Gasteiger charge is -2.47. The Morgan fingerprint density at radius 3 is 2.47 bits per heavy atom. The number of hydrogen-bond acceptors (Lipinski definition) is 9. The molecule has 5 aromatic rings. The van der Waals surface area contributed by atoms with Gasteiger partial charge in [-0.2, -0.15) is 0 Å². The molecule has 234 valence electrons. The lowest BCUT2D eigenvalue weighted by atomic mass is 9.86. The Morgan fingerprint density at radius 2 is 1.76 bits per heavy atom. The molecule has 0 aliphatic carbocycles. The summed E-state index contributed by atoms with van der Waals surface area (Å²) in [5, 5.41) is 9.59. The smallest absolute Gasteiger partial charge is 0.152 e. The van der Waals surface area contributed by atoms with Gasteiger partial charge in [0.1, 0.15) is 11.5 Å². The Kier molecular flexibility index (Phi) is 7.10. The number of benzene rings is 1. The Labute approximate surface area is 262 Å². The van der Waals surface area contributed by atoms with Gasteiger partial charge in [-0.3, -0.25) is 9.88 Å². The van der Waals surface area contributed by atoms with Gasteiger partial charge in [0, 0.05) is 69.6 Å². The van der Waals surface area contributed by atoms with Crippen LogP contribution >= 0.6 is 0 Å². The van der Waals surface area contributed by atoms with Crippen molar-refractivity contribution in [3.63, 3.8) is 0 Å². The number of sulfone groups is 1. The Balaban J connectivity index is 1.25. The van der Waals surface area contributed by atoms with E-state index in [0.29, 0.717) is 25.0 Å². The first-order valence-corrected chi connectivity index (χ1v) is 17.7. The van der Waals surface area contributed by atoms with Crippen LogP contribution in [0.1, 0.15) is 30.1 Å². The van der Waals surface area contributed by atoms with Gasteiger partial charge in [0.15, 0.2) is 9.84 Å². The molecule has 0 unspecified atom stereocenters. The Bertz CT molecular complexity index is 1940. The molecule has 1 aromatic carbocycles. The average Bonchev–Trinajstić information content (AvgIpc) is 3.53. The normalized spacial score (nSPS) is 20.5. The van der Waals surface area contributed by atoms with E-state index in [1.807, 2.05) is 24.9 Å². The predicted molar refractivity (Wildman–Crippen MR) is 174 cm³/mol. The van der Waals surface area contributed by atoms with Gasteiger partial charge in [-0.25, -0.2) is 18.1 Å². The average molecular weight is 627 g/mol. The Hall–Kier alpha value is -3.87. The quantitative estimate of drug-likeness (QED) is 0.279. The fraction of sp³-hybridized carbons (Fsp3) is 0.455. The number of rotatable bonds is 6. The van der Waals surface area contributed by atoms with Gasteiger partial charge < -0.3 is 14.2 Å².